The van der Waals surface area contributed by atoms with Crippen molar-refractivity contribution in [3.63, 3.8) is 0 Å². The van der Waals surface area contributed by atoms with Crippen LogP contribution in [-0.2, 0) is 13.1 Å². The van der Waals surface area contributed by atoms with Crippen LogP contribution in [0.25, 0.3) is 0 Å². The molecular formula is C18H21N3O2. The van der Waals surface area contributed by atoms with E-state index in [9.17, 15) is 4.79 Å². The molecule has 0 saturated carbocycles. The second-order valence-corrected chi connectivity index (χ2v) is 5.60. The third-order valence-corrected chi connectivity index (χ3v) is 4.23. The summed E-state index contributed by atoms with van der Waals surface area (Å²) in [5.41, 5.74) is 3.30. The summed E-state index contributed by atoms with van der Waals surface area (Å²) in [5.74, 6) is 0.709. The van der Waals surface area contributed by atoms with E-state index in [0.29, 0.717) is 18.8 Å². The van der Waals surface area contributed by atoms with E-state index >= 15 is 0 Å². The number of fused-ring (bicyclic) bond motifs is 1. The number of carbonyl (C=O) groups excluding carboxylic acids is 1. The third-order valence-electron chi connectivity index (χ3n) is 4.23. The van der Waals surface area contributed by atoms with Crippen molar-refractivity contribution >= 4 is 6.03 Å². The minimum Gasteiger partial charge on any atom is -0.495 e. The first-order valence-corrected chi connectivity index (χ1v) is 7.84. The molecule has 0 spiro atoms. The second-order valence-electron chi connectivity index (χ2n) is 5.60. The first kappa shape index (κ1) is 15.3. The highest BCUT2D eigenvalue weighted by atomic mass is 16.5. The summed E-state index contributed by atoms with van der Waals surface area (Å²) in [6.07, 6.45) is 2.56. The Labute approximate surface area is 136 Å². The number of aromatic nitrogens is 1. The summed E-state index contributed by atoms with van der Waals surface area (Å²) in [4.78, 5) is 18.7. The maximum absolute atomic E-state index is 12.5. The Balaban J connectivity index is 1.64. The van der Waals surface area contributed by atoms with Crippen molar-refractivity contribution < 1.29 is 9.53 Å². The number of benzene rings is 1. The number of amides is 2. The highest BCUT2D eigenvalue weighted by molar-refractivity contribution is 5.75. The fourth-order valence-electron chi connectivity index (χ4n) is 3.02. The molecule has 5 nitrogen and oxygen atoms in total. The van der Waals surface area contributed by atoms with E-state index in [4.69, 9.17) is 4.74 Å². The van der Waals surface area contributed by atoms with Crippen LogP contribution in [0.15, 0.2) is 42.6 Å². The van der Waals surface area contributed by atoms with Gasteiger partial charge in [-0.3, -0.25) is 4.98 Å². The van der Waals surface area contributed by atoms with E-state index in [0.717, 1.165) is 12.1 Å². The topological polar surface area (TPSA) is 54.5 Å². The molecule has 1 atom stereocenters. The number of ether oxygens (including phenoxy) is 1. The van der Waals surface area contributed by atoms with Crippen LogP contribution < -0.4 is 10.1 Å². The van der Waals surface area contributed by atoms with Crippen molar-refractivity contribution in [2.24, 2.45) is 0 Å². The Kier molecular flexibility index (Phi) is 4.46. The van der Waals surface area contributed by atoms with Gasteiger partial charge in [0.15, 0.2) is 0 Å². The van der Waals surface area contributed by atoms with Crippen LogP contribution in [0.1, 0.15) is 36.2 Å². The van der Waals surface area contributed by atoms with Crippen molar-refractivity contribution in [1.82, 2.24) is 15.2 Å². The molecule has 0 saturated heterocycles. The number of urea groups is 1. The predicted molar refractivity (Wildman–Crippen MR) is 88.0 cm³/mol. The predicted octanol–water partition coefficient (Wildman–Crippen LogP) is 3.27. The zero-order valence-corrected chi connectivity index (χ0v) is 13.5. The largest absolute Gasteiger partial charge is 0.495 e. The van der Waals surface area contributed by atoms with Gasteiger partial charge in [-0.1, -0.05) is 31.2 Å². The molecule has 2 amide bonds. The van der Waals surface area contributed by atoms with Crippen LogP contribution in [0.3, 0.4) is 0 Å². The van der Waals surface area contributed by atoms with Crippen LogP contribution in [0.2, 0.25) is 0 Å². The Bertz CT molecular complexity index is 685. The molecule has 2 aromatic rings. The van der Waals surface area contributed by atoms with Gasteiger partial charge in [0, 0.05) is 6.54 Å². The van der Waals surface area contributed by atoms with Gasteiger partial charge in [-0.25, -0.2) is 4.79 Å². The van der Waals surface area contributed by atoms with Gasteiger partial charge in [-0.2, -0.15) is 0 Å². The number of methoxy groups -OCH3 is 1. The molecule has 1 aromatic heterocycles. The van der Waals surface area contributed by atoms with E-state index in [1.165, 1.54) is 11.1 Å². The van der Waals surface area contributed by atoms with Crippen LogP contribution in [0, 0.1) is 0 Å². The van der Waals surface area contributed by atoms with Gasteiger partial charge >= 0.3 is 6.03 Å². The molecule has 1 unspecified atom stereocenters. The van der Waals surface area contributed by atoms with Crippen LogP contribution in [0.5, 0.6) is 5.75 Å². The summed E-state index contributed by atoms with van der Waals surface area (Å²) in [7, 11) is 1.61. The molecule has 23 heavy (non-hydrogen) atoms. The summed E-state index contributed by atoms with van der Waals surface area (Å²) in [6, 6.07) is 12.1. The fourth-order valence-corrected chi connectivity index (χ4v) is 3.02. The average molecular weight is 311 g/mol. The Morgan fingerprint density at radius 1 is 1.35 bits per heavy atom. The van der Waals surface area contributed by atoms with Gasteiger partial charge in [0.2, 0.25) is 0 Å². The molecule has 1 aliphatic heterocycles. The van der Waals surface area contributed by atoms with Crippen LogP contribution in [-0.4, -0.2) is 23.0 Å². The summed E-state index contributed by atoms with van der Waals surface area (Å²) in [6.45, 7) is 3.18. The lowest BCUT2D eigenvalue weighted by Gasteiger charge is -2.24. The van der Waals surface area contributed by atoms with Crippen LogP contribution in [0.4, 0.5) is 4.79 Å². The van der Waals surface area contributed by atoms with Crippen LogP contribution >= 0.6 is 0 Å². The molecule has 2 heterocycles. The average Bonchev–Trinajstić information content (AvgIpc) is 2.98. The van der Waals surface area contributed by atoms with Crippen molar-refractivity contribution in [3.05, 3.63) is 59.4 Å². The van der Waals surface area contributed by atoms with Crippen molar-refractivity contribution in [2.75, 3.05) is 7.11 Å². The number of pyridine rings is 1. The lowest BCUT2D eigenvalue weighted by molar-refractivity contribution is 0.178. The van der Waals surface area contributed by atoms with Crippen molar-refractivity contribution in [1.29, 1.82) is 0 Å². The smallest absolute Gasteiger partial charge is 0.318 e. The minimum atomic E-state index is -0.0503. The molecular weight excluding hydrogens is 290 g/mol. The molecule has 0 aliphatic carbocycles. The second kappa shape index (κ2) is 6.69. The van der Waals surface area contributed by atoms with Gasteiger partial charge in [-0.05, 0) is 29.7 Å². The van der Waals surface area contributed by atoms with Crippen molar-refractivity contribution in [3.8, 4) is 5.75 Å². The molecule has 120 valence electrons. The van der Waals surface area contributed by atoms with E-state index in [1.54, 1.807) is 13.3 Å². The Morgan fingerprint density at radius 3 is 2.87 bits per heavy atom. The number of nitrogens with one attached hydrogen (secondary N) is 1. The lowest BCUT2D eigenvalue weighted by Crippen LogP contribution is -2.38. The standard InChI is InChI=1S/C18H21N3O2/c1-3-17-16-7-5-4-6-13(16)12-21(17)18(22)20-10-14-8-9-15(23-2)11-19-14/h4-9,11,17H,3,10,12H2,1-2H3,(H,20,22). The van der Waals surface area contributed by atoms with Gasteiger partial charge in [-0.15, -0.1) is 0 Å². The number of rotatable bonds is 4. The van der Waals surface area contributed by atoms with E-state index in [-0.39, 0.29) is 12.1 Å². The summed E-state index contributed by atoms with van der Waals surface area (Å²) < 4.78 is 5.08. The lowest BCUT2D eigenvalue weighted by atomic mass is 10.0. The normalized spacial score (nSPS) is 16.1. The third kappa shape index (κ3) is 3.13. The van der Waals surface area contributed by atoms with E-state index in [2.05, 4.69) is 29.4 Å². The maximum Gasteiger partial charge on any atom is 0.318 e. The summed E-state index contributed by atoms with van der Waals surface area (Å²) >= 11 is 0. The molecule has 5 heteroatoms. The first-order chi connectivity index (χ1) is 11.2. The highest BCUT2D eigenvalue weighted by Gasteiger charge is 2.31. The number of nitrogens with zero attached hydrogens (tertiary/aromatic N) is 2. The Hall–Kier alpha value is -2.56. The monoisotopic (exact) mass is 311 g/mol. The molecule has 0 bridgehead atoms. The van der Waals surface area contributed by atoms with Gasteiger partial charge in [0.25, 0.3) is 0 Å². The van der Waals surface area contributed by atoms with Gasteiger partial charge < -0.3 is 15.0 Å². The molecule has 1 aliphatic rings. The molecule has 0 fully saturated rings. The SMILES string of the molecule is CCC1c2ccccc2CN1C(=O)NCc1ccc(OC)cn1. The van der Waals surface area contributed by atoms with Gasteiger partial charge in [0.05, 0.1) is 31.6 Å². The minimum absolute atomic E-state index is 0.0503. The van der Waals surface area contributed by atoms with E-state index in [1.807, 2.05) is 29.2 Å². The number of hydrogen-bond donors (Lipinski definition) is 1. The zero-order valence-electron chi connectivity index (χ0n) is 13.5. The molecule has 1 N–H and O–H groups in total. The number of hydrogen-bond acceptors (Lipinski definition) is 3. The van der Waals surface area contributed by atoms with Crippen molar-refractivity contribution in [2.45, 2.75) is 32.5 Å². The van der Waals surface area contributed by atoms with E-state index < -0.39 is 0 Å². The molecule has 0 radical (unpaired) electrons. The zero-order chi connectivity index (χ0) is 16.2. The van der Waals surface area contributed by atoms with Gasteiger partial charge in [0.1, 0.15) is 5.75 Å². The first-order valence-electron chi connectivity index (χ1n) is 7.84. The molecule has 1 aromatic carbocycles. The Morgan fingerprint density at radius 2 is 2.17 bits per heavy atom. The molecule has 3 rings (SSSR count). The highest BCUT2D eigenvalue weighted by Crippen LogP contribution is 2.35. The number of carbonyl (C=O) groups is 1. The maximum atomic E-state index is 12.5. The fraction of sp³-hybridized carbons (Fsp3) is 0.333. The summed E-state index contributed by atoms with van der Waals surface area (Å²) in [5, 5.41) is 2.96. The quantitative estimate of drug-likeness (QED) is 0.943.